The lowest BCUT2D eigenvalue weighted by molar-refractivity contribution is 0.102. The number of carbonyl (C=O) groups excluding carboxylic acids is 1. The molecule has 26 heavy (non-hydrogen) atoms. The summed E-state index contributed by atoms with van der Waals surface area (Å²) in [7, 11) is 0. The van der Waals surface area contributed by atoms with Crippen LogP contribution in [0.3, 0.4) is 0 Å². The lowest BCUT2D eigenvalue weighted by atomic mass is 10.1. The Morgan fingerprint density at radius 3 is 2.38 bits per heavy atom. The van der Waals surface area contributed by atoms with Crippen LogP contribution < -0.4 is 10.6 Å². The smallest absolute Gasteiger partial charge is 0.274 e. The van der Waals surface area contributed by atoms with Gasteiger partial charge in [-0.1, -0.05) is 47.5 Å². The van der Waals surface area contributed by atoms with Crippen molar-refractivity contribution in [3.05, 3.63) is 82.8 Å². The Labute approximate surface area is 153 Å². The first-order valence-electron chi connectivity index (χ1n) is 8.51. The number of nitrogens with one attached hydrogen (secondary N) is 2. The zero-order valence-electron chi connectivity index (χ0n) is 15.2. The molecule has 1 amide bonds. The molecule has 0 radical (unpaired) electrons. The molecule has 0 aliphatic heterocycles. The van der Waals surface area contributed by atoms with Crippen LogP contribution in [-0.4, -0.2) is 15.9 Å². The molecule has 2 aromatic carbocycles. The summed E-state index contributed by atoms with van der Waals surface area (Å²) in [6, 6.07) is 15.8. The van der Waals surface area contributed by atoms with Crippen molar-refractivity contribution in [1.29, 1.82) is 0 Å². The largest absolute Gasteiger partial charge is 0.366 e. The van der Waals surface area contributed by atoms with Gasteiger partial charge in [-0.15, -0.1) is 0 Å². The number of rotatable bonds is 5. The van der Waals surface area contributed by atoms with E-state index in [2.05, 4.69) is 51.8 Å². The first kappa shape index (κ1) is 17.6. The summed E-state index contributed by atoms with van der Waals surface area (Å²) in [5.41, 5.74) is 5.66. The van der Waals surface area contributed by atoms with E-state index in [1.54, 1.807) is 6.07 Å². The summed E-state index contributed by atoms with van der Waals surface area (Å²) >= 11 is 0. The molecule has 3 rings (SSSR count). The number of nitrogens with zero attached hydrogens (tertiary/aromatic N) is 2. The second-order valence-electron chi connectivity index (χ2n) is 6.40. The fourth-order valence-corrected chi connectivity index (χ4v) is 2.62. The summed E-state index contributed by atoms with van der Waals surface area (Å²) in [5, 5.41) is 6.13. The molecule has 0 saturated carbocycles. The molecule has 0 aliphatic rings. The molecule has 0 fully saturated rings. The Hall–Kier alpha value is -3.21. The monoisotopic (exact) mass is 346 g/mol. The molecular weight excluding hydrogens is 324 g/mol. The fraction of sp³-hybridized carbons (Fsp3) is 0.190. The molecule has 0 unspecified atom stereocenters. The molecule has 1 heterocycles. The van der Waals surface area contributed by atoms with Crippen LogP contribution in [0.25, 0.3) is 0 Å². The first-order chi connectivity index (χ1) is 12.5. The van der Waals surface area contributed by atoms with Crippen LogP contribution in [0.1, 0.15) is 32.7 Å². The molecule has 132 valence electrons. The number of hydrogen-bond acceptors (Lipinski definition) is 4. The quantitative estimate of drug-likeness (QED) is 0.724. The highest BCUT2D eigenvalue weighted by molar-refractivity contribution is 6.03. The molecule has 0 saturated heterocycles. The van der Waals surface area contributed by atoms with E-state index < -0.39 is 0 Å². The molecular formula is C21H22N4O. The van der Waals surface area contributed by atoms with E-state index in [4.69, 9.17) is 0 Å². The molecule has 0 aliphatic carbocycles. The summed E-state index contributed by atoms with van der Waals surface area (Å²) < 4.78 is 0. The number of amides is 1. The highest BCUT2D eigenvalue weighted by atomic mass is 16.1. The van der Waals surface area contributed by atoms with Gasteiger partial charge in [0.1, 0.15) is 17.8 Å². The van der Waals surface area contributed by atoms with Crippen LogP contribution in [0.15, 0.2) is 54.9 Å². The van der Waals surface area contributed by atoms with Crippen molar-refractivity contribution < 1.29 is 4.79 Å². The number of benzene rings is 2. The van der Waals surface area contributed by atoms with Crippen LogP contribution in [-0.2, 0) is 6.54 Å². The second-order valence-corrected chi connectivity index (χ2v) is 6.40. The minimum absolute atomic E-state index is 0.252. The van der Waals surface area contributed by atoms with Gasteiger partial charge in [-0.3, -0.25) is 4.79 Å². The molecule has 0 spiro atoms. The van der Waals surface area contributed by atoms with Gasteiger partial charge in [-0.05, 0) is 38.0 Å². The number of anilines is 2. The van der Waals surface area contributed by atoms with Gasteiger partial charge in [0.2, 0.25) is 0 Å². The number of hydrogen-bond donors (Lipinski definition) is 2. The molecule has 1 aromatic heterocycles. The van der Waals surface area contributed by atoms with E-state index in [1.807, 2.05) is 32.0 Å². The Bertz CT molecular complexity index is 920. The van der Waals surface area contributed by atoms with Crippen LogP contribution in [0.5, 0.6) is 0 Å². The minimum Gasteiger partial charge on any atom is -0.366 e. The highest BCUT2D eigenvalue weighted by Crippen LogP contribution is 2.17. The zero-order valence-corrected chi connectivity index (χ0v) is 15.2. The SMILES string of the molecule is Cc1ccc(CNc2cc(C(=O)Nc3ccc(C)cc3C)ncn2)cc1. The topological polar surface area (TPSA) is 66.9 Å². The third-order valence-electron chi connectivity index (χ3n) is 4.12. The van der Waals surface area contributed by atoms with Gasteiger partial charge >= 0.3 is 0 Å². The highest BCUT2D eigenvalue weighted by Gasteiger charge is 2.10. The Morgan fingerprint density at radius 2 is 1.65 bits per heavy atom. The summed E-state index contributed by atoms with van der Waals surface area (Å²) in [6.45, 7) is 6.68. The van der Waals surface area contributed by atoms with Crippen molar-refractivity contribution in [1.82, 2.24) is 9.97 Å². The van der Waals surface area contributed by atoms with Crippen LogP contribution in [0.2, 0.25) is 0 Å². The van der Waals surface area contributed by atoms with Crippen molar-refractivity contribution in [3.63, 3.8) is 0 Å². The molecule has 5 heteroatoms. The van der Waals surface area contributed by atoms with Crippen LogP contribution in [0.4, 0.5) is 11.5 Å². The average Bonchev–Trinajstić information content (AvgIpc) is 2.64. The summed E-state index contributed by atoms with van der Waals surface area (Å²) in [5.74, 6) is 0.365. The standard InChI is InChI=1S/C21H22N4O/c1-14-4-7-17(8-5-14)12-22-20-11-19(23-13-24-20)21(26)25-18-9-6-15(2)10-16(18)3/h4-11,13H,12H2,1-3H3,(H,25,26)(H,22,23,24). The lowest BCUT2D eigenvalue weighted by Gasteiger charge is -2.10. The van der Waals surface area contributed by atoms with E-state index >= 15 is 0 Å². The van der Waals surface area contributed by atoms with Crippen LogP contribution >= 0.6 is 0 Å². The maximum absolute atomic E-state index is 12.5. The van der Waals surface area contributed by atoms with Gasteiger partial charge in [0.15, 0.2) is 0 Å². The minimum atomic E-state index is -0.252. The first-order valence-corrected chi connectivity index (χ1v) is 8.51. The van der Waals surface area contributed by atoms with Gasteiger partial charge in [0.05, 0.1) is 0 Å². The van der Waals surface area contributed by atoms with Crippen molar-refractivity contribution in [3.8, 4) is 0 Å². The number of aryl methyl sites for hydroxylation is 3. The predicted molar refractivity (Wildman–Crippen MR) is 104 cm³/mol. The van der Waals surface area contributed by atoms with Gasteiger partial charge < -0.3 is 10.6 Å². The van der Waals surface area contributed by atoms with Gasteiger partial charge in [0, 0.05) is 18.3 Å². The van der Waals surface area contributed by atoms with E-state index in [0.29, 0.717) is 18.1 Å². The van der Waals surface area contributed by atoms with Crippen LogP contribution in [0, 0.1) is 20.8 Å². The third-order valence-corrected chi connectivity index (χ3v) is 4.12. The Balaban J connectivity index is 1.67. The van der Waals surface area contributed by atoms with Gasteiger partial charge in [-0.2, -0.15) is 0 Å². The number of carbonyl (C=O) groups is 1. The van der Waals surface area contributed by atoms with Crippen molar-refractivity contribution in [2.45, 2.75) is 27.3 Å². The molecule has 0 bridgehead atoms. The van der Waals surface area contributed by atoms with Gasteiger partial charge in [-0.25, -0.2) is 9.97 Å². The molecule has 0 atom stereocenters. The average molecular weight is 346 g/mol. The second kappa shape index (κ2) is 7.78. The fourth-order valence-electron chi connectivity index (χ4n) is 2.62. The predicted octanol–water partition coefficient (Wildman–Crippen LogP) is 4.27. The van der Waals surface area contributed by atoms with Gasteiger partial charge in [0.25, 0.3) is 5.91 Å². The van der Waals surface area contributed by atoms with E-state index in [1.165, 1.54) is 11.9 Å². The molecule has 2 N–H and O–H groups in total. The Morgan fingerprint density at radius 1 is 0.923 bits per heavy atom. The van der Waals surface area contributed by atoms with Crippen molar-refractivity contribution in [2.75, 3.05) is 10.6 Å². The van der Waals surface area contributed by atoms with E-state index in [-0.39, 0.29) is 5.91 Å². The van der Waals surface area contributed by atoms with Crippen molar-refractivity contribution >= 4 is 17.4 Å². The zero-order chi connectivity index (χ0) is 18.5. The van der Waals surface area contributed by atoms with E-state index in [9.17, 15) is 4.79 Å². The normalized spacial score (nSPS) is 10.4. The maximum Gasteiger partial charge on any atom is 0.274 e. The third kappa shape index (κ3) is 4.45. The maximum atomic E-state index is 12.5. The molecule has 5 nitrogen and oxygen atoms in total. The number of aromatic nitrogens is 2. The van der Waals surface area contributed by atoms with E-state index in [0.717, 1.165) is 22.4 Å². The summed E-state index contributed by atoms with van der Waals surface area (Å²) in [6.07, 6.45) is 1.40. The Kier molecular flexibility index (Phi) is 5.27. The lowest BCUT2D eigenvalue weighted by Crippen LogP contribution is -2.15. The molecule has 3 aromatic rings. The summed E-state index contributed by atoms with van der Waals surface area (Å²) in [4.78, 5) is 20.8. The van der Waals surface area contributed by atoms with Crippen molar-refractivity contribution in [2.24, 2.45) is 0 Å².